The lowest BCUT2D eigenvalue weighted by Gasteiger charge is -2.16. The molecule has 9 nitrogen and oxygen atoms in total. The van der Waals surface area contributed by atoms with Crippen LogP contribution in [0.1, 0.15) is 27.4 Å². The quantitative estimate of drug-likeness (QED) is 0.503. The zero-order valence-electron chi connectivity index (χ0n) is 18.4. The van der Waals surface area contributed by atoms with Crippen LogP contribution in [-0.2, 0) is 25.5 Å². The highest BCUT2D eigenvalue weighted by Crippen LogP contribution is 2.18. The molecule has 3 rings (SSSR count). The Bertz CT molecular complexity index is 1160. The number of rotatable bonds is 8. The summed E-state index contributed by atoms with van der Waals surface area (Å²) in [4.78, 5) is 41.2. The van der Waals surface area contributed by atoms with Gasteiger partial charge in [0.25, 0.3) is 5.91 Å². The molecule has 1 N–H and O–H groups in total. The number of esters is 2. The van der Waals surface area contributed by atoms with Gasteiger partial charge in [-0.1, -0.05) is 41.9 Å². The van der Waals surface area contributed by atoms with E-state index in [1.165, 1.54) is 13.2 Å². The molecule has 0 radical (unpaired) electrons. The summed E-state index contributed by atoms with van der Waals surface area (Å²) in [7, 11) is 1.23. The lowest BCUT2D eigenvalue weighted by molar-refractivity contribution is -0.145. The molecular weight excluding hydrogens is 448 g/mol. The van der Waals surface area contributed by atoms with Gasteiger partial charge in [-0.3, -0.25) is 4.79 Å². The highest BCUT2D eigenvalue weighted by atomic mass is 35.5. The standard InChI is InChI=1S/C23H23ClN4O5/c1-14-11-15(2)28(27-14)19-10-9-17(24)21(26-19)23(31)33-13-20(29)25-18(22(30)32-3)12-16-7-5-4-6-8-16/h4-11,18H,12-13H2,1-3H3,(H,25,29). The fraction of sp³-hybridized carbons (Fsp3) is 0.261. The van der Waals surface area contributed by atoms with Crippen molar-refractivity contribution in [1.29, 1.82) is 0 Å². The second kappa shape index (κ2) is 10.7. The smallest absolute Gasteiger partial charge is 0.359 e. The van der Waals surface area contributed by atoms with Crippen LogP contribution in [0.3, 0.4) is 0 Å². The predicted molar refractivity (Wildman–Crippen MR) is 120 cm³/mol. The molecule has 0 aliphatic rings. The molecule has 0 bridgehead atoms. The van der Waals surface area contributed by atoms with Crippen molar-refractivity contribution in [3.8, 4) is 5.82 Å². The number of hydrogen-bond donors (Lipinski definition) is 1. The first-order valence-electron chi connectivity index (χ1n) is 10.1. The van der Waals surface area contributed by atoms with Crippen molar-refractivity contribution >= 4 is 29.4 Å². The molecule has 2 aromatic heterocycles. The number of halogens is 1. The van der Waals surface area contributed by atoms with Crippen LogP contribution in [0.4, 0.5) is 0 Å². The van der Waals surface area contributed by atoms with Crippen LogP contribution in [0, 0.1) is 13.8 Å². The summed E-state index contributed by atoms with van der Waals surface area (Å²) in [5.74, 6) is -1.77. The van der Waals surface area contributed by atoms with Crippen molar-refractivity contribution in [3.63, 3.8) is 0 Å². The normalized spacial score (nSPS) is 11.5. The molecule has 172 valence electrons. The minimum Gasteiger partial charge on any atom is -0.467 e. The summed E-state index contributed by atoms with van der Waals surface area (Å²) in [6.45, 7) is 3.07. The molecule has 2 heterocycles. The van der Waals surface area contributed by atoms with Crippen LogP contribution in [0.2, 0.25) is 5.02 Å². The first-order valence-corrected chi connectivity index (χ1v) is 10.4. The van der Waals surface area contributed by atoms with Crippen LogP contribution >= 0.6 is 11.6 Å². The Morgan fingerprint density at radius 1 is 1.12 bits per heavy atom. The van der Waals surface area contributed by atoms with Crippen molar-refractivity contribution in [3.05, 3.63) is 76.2 Å². The number of methoxy groups -OCH3 is 1. The third kappa shape index (κ3) is 6.17. The van der Waals surface area contributed by atoms with Crippen molar-refractivity contribution < 1.29 is 23.9 Å². The number of aromatic nitrogens is 3. The fourth-order valence-electron chi connectivity index (χ4n) is 3.17. The first kappa shape index (κ1) is 23.9. The largest absolute Gasteiger partial charge is 0.467 e. The van der Waals surface area contributed by atoms with Gasteiger partial charge in [0.2, 0.25) is 0 Å². The van der Waals surface area contributed by atoms with E-state index in [0.717, 1.165) is 17.0 Å². The third-order valence-electron chi connectivity index (χ3n) is 4.69. The molecule has 0 spiro atoms. The van der Waals surface area contributed by atoms with Gasteiger partial charge in [0.1, 0.15) is 6.04 Å². The van der Waals surface area contributed by atoms with Gasteiger partial charge in [-0.2, -0.15) is 5.10 Å². The maximum Gasteiger partial charge on any atom is 0.359 e. The highest BCUT2D eigenvalue weighted by molar-refractivity contribution is 6.33. The number of nitrogens with one attached hydrogen (secondary N) is 1. The monoisotopic (exact) mass is 470 g/mol. The Kier molecular flexibility index (Phi) is 7.78. The molecular formula is C23H23ClN4O5. The molecule has 0 aliphatic carbocycles. The molecule has 0 aliphatic heterocycles. The van der Waals surface area contributed by atoms with Gasteiger partial charge in [0, 0.05) is 12.1 Å². The molecule has 1 amide bonds. The molecule has 1 atom stereocenters. The molecule has 10 heteroatoms. The highest BCUT2D eigenvalue weighted by Gasteiger charge is 2.23. The molecule has 0 saturated heterocycles. The second-order valence-corrected chi connectivity index (χ2v) is 7.66. The minimum absolute atomic E-state index is 0.0715. The topological polar surface area (TPSA) is 112 Å². The van der Waals surface area contributed by atoms with Gasteiger partial charge in [-0.25, -0.2) is 19.3 Å². The van der Waals surface area contributed by atoms with Crippen LogP contribution in [0.25, 0.3) is 5.82 Å². The van der Waals surface area contributed by atoms with Gasteiger partial charge < -0.3 is 14.8 Å². The second-order valence-electron chi connectivity index (χ2n) is 7.25. The Hall–Kier alpha value is -3.72. The number of benzene rings is 1. The van der Waals surface area contributed by atoms with E-state index in [0.29, 0.717) is 5.82 Å². The maximum atomic E-state index is 12.5. The van der Waals surface area contributed by atoms with Gasteiger partial charge in [0.15, 0.2) is 18.1 Å². The van der Waals surface area contributed by atoms with Crippen molar-refractivity contribution in [1.82, 2.24) is 20.1 Å². The van der Waals surface area contributed by atoms with Gasteiger partial charge in [-0.15, -0.1) is 0 Å². The van der Waals surface area contributed by atoms with Crippen LogP contribution in [-0.4, -0.2) is 52.4 Å². The number of nitrogens with zero attached hydrogens (tertiary/aromatic N) is 3. The number of ether oxygens (including phenoxy) is 2. The minimum atomic E-state index is -0.931. The van der Waals surface area contributed by atoms with Crippen molar-refractivity contribution in [2.45, 2.75) is 26.3 Å². The maximum absolute atomic E-state index is 12.5. The van der Waals surface area contributed by atoms with E-state index in [4.69, 9.17) is 21.1 Å². The van der Waals surface area contributed by atoms with E-state index in [9.17, 15) is 14.4 Å². The number of aryl methyl sites for hydroxylation is 2. The Morgan fingerprint density at radius 3 is 2.48 bits per heavy atom. The van der Waals surface area contributed by atoms with Crippen molar-refractivity contribution in [2.75, 3.05) is 13.7 Å². The molecule has 0 fully saturated rings. The average molecular weight is 471 g/mol. The average Bonchev–Trinajstić information content (AvgIpc) is 3.15. The Morgan fingerprint density at radius 2 is 1.85 bits per heavy atom. The molecule has 33 heavy (non-hydrogen) atoms. The van der Waals surface area contributed by atoms with Crippen LogP contribution in [0.15, 0.2) is 48.5 Å². The Labute approximate surface area is 195 Å². The Balaban J connectivity index is 1.65. The number of carbonyl (C=O) groups excluding carboxylic acids is 3. The lowest BCUT2D eigenvalue weighted by atomic mass is 10.1. The van der Waals surface area contributed by atoms with E-state index >= 15 is 0 Å². The van der Waals surface area contributed by atoms with Crippen molar-refractivity contribution in [2.24, 2.45) is 0 Å². The SMILES string of the molecule is COC(=O)C(Cc1ccccc1)NC(=O)COC(=O)c1nc(-n2nc(C)cc2C)ccc1Cl. The summed E-state index contributed by atoms with van der Waals surface area (Å²) in [5.41, 5.74) is 2.31. The zero-order valence-corrected chi connectivity index (χ0v) is 19.1. The van der Waals surface area contributed by atoms with E-state index in [2.05, 4.69) is 15.4 Å². The lowest BCUT2D eigenvalue weighted by Crippen LogP contribution is -2.44. The summed E-state index contributed by atoms with van der Waals surface area (Å²) < 4.78 is 11.4. The van der Waals surface area contributed by atoms with Gasteiger partial charge >= 0.3 is 11.9 Å². The molecule has 3 aromatic rings. The molecule has 1 aromatic carbocycles. The predicted octanol–water partition coefficient (Wildman–Crippen LogP) is 2.59. The summed E-state index contributed by atoms with van der Waals surface area (Å²) in [5, 5.41) is 6.93. The van der Waals surface area contributed by atoms with Gasteiger partial charge in [0.05, 0.1) is 17.8 Å². The van der Waals surface area contributed by atoms with E-state index in [1.807, 2.05) is 50.2 Å². The zero-order chi connectivity index (χ0) is 24.0. The van der Waals surface area contributed by atoms with E-state index in [-0.39, 0.29) is 17.1 Å². The number of hydrogen-bond acceptors (Lipinski definition) is 7. The number of pyridine rings is 1. The number of carbonyl (C=O) groups is 3. The molecule has 0 saturated carbocycles. The van der Waals surface area contributed by atoms with Crippen LogP contribution in [0.5, 0.6) is 0 Å². The summed E-state index contributed by atoms with van der Waals surface area (Å²) >= 11 is 6.12. The third-order valence-corrected chi connectivity index (χ3v) is 4.99. The first-order chi connectivity index (χ1) is 15.8. The summed E-state index contributed by atoms with van der Waals surface area (Å²) in [6, 6.07) is 13.2. The van der Waals surface area contributed by atoms with E-state index in [1.54, 1.807) is 10.7 Å². The van der Waals surface area contributed by atoms with Crippen LogP contribution < -0.4 is 5.32 Å². The fourth-order valence-corrected chi connectivity index (χ4v) is 3.36. The number of amides is 1. The van der Waals surface area contributed by atoms with Gasteiger partial charge in [-0.05, 0) is 37.6 Å². The molecule has 1 unspecified atom stereocenters. The van der Waals surface area contributed by atoms with E-state index < -0.39 is 30.5 Å². The summed E-state index contributed by atoms with van der Waals surface area (Å²) in [6.07, 6.45) is 0.227.